The smallest absolute Gasteiger partial charge is 0.321 e. The zero-order valence-electron chi connectivity index (χ0n) is 11.8. The molecule has 1 aromatic carbocycles. The molecule has 0 aliphatic carbocycles. The molecule has 0 aromatic heterocycles. The number of hydrogen-bond donors (Lipinski definition) is 2. The number of ether oxygens (including phenoxy) is 1. The van der Waals surface area contributed by atoms with Gasteiger partial charge in [-0.1, -0.05) is 6.07 Å². The molecule has 2 unspecified atom stereocenters. The number of carbonyl (C=O) groups excluding carboxylic acids is 1. The van der Waals surface area contributed by atoms with Gasteiger partial charge in [0.25, 0.3) is 0 Å². The Morgan fingerprint density at radius 1 is 1.43 bits per heavy atom. The van der Waals surface area contributed by atoms with Crippen molar-refractivity contribution in [1.82, 2.24) is 4.90 Å². The van der Waals surface area contributed by atoms with Crippen molar-refractivity contribution in [2.75, 3.05) is 25.6 Å². The van der Waals surface area contributed by atoms with Gasteiger partial charge in [-0.25, -0.2) is 9.18 Å². The number of nitrogens with zero attached hydrogens (tertiary/aromatic N) is 1. The number of rotatable bonds is 3. The largest absolute Gasteiger partial charge is 0.481 e. The predicted molar refractivity (Wildman–Crippen MR) is 73.7 cm³/mol. The second-order valence-electron chi connectivity index (χ2n) is 5.00. The SMILES string of the molecule is Cc1c(F)cccc1NC(=O)N(C)C1COCC1C(=O)O. The van der Waals surface area contributed by atoms with E-state index in [1.807, 2.05) is 0 Å². The number of halogens is 1. The van der Waals surface area contributed by atoms with Crippen LogP contribution in [0.15, 0.2) is 18.2 Å². The lowest BCUT2D eigenvalue weighted by molar-refractivity contribution is -0.142. The average molecular weight is 296 g/mol. The van der Waals surface area contributed by atoms with Gasteiger partial charge in [0.2, 0.25) is 0 Å². The van der Waals surface area contributed by atoms with Crippen LogP contribution in [0.2, 0.25) is 0 Å². The van der Waals surface area contributed by atoms with Crippen molar-refractivity contribution in [3.63, 3.8) is 0 Å². The molecular formula is C14H17FN2O4. The predicted octanol–water partition coefficient (Wildman–Crippen LogP) is 1.70. The highest BCUT2D eigenvalue weighted by atomic mass is 19.1. The molecule has 2 amide bonds. The highest BCUT2D eigenvalue weighted by Gasteiger charge is 2.38. The van der Waals surface area contributed by atoms with Gasteiger partial charge in [0, 0.05) is 18.3 Å². The van der Waals surface area contributed by atoms with Gasteiger partial charge >= 0.3 is 12.0 Å². The number of hydrogen-bond acceptors (Lipinski definition) is 3. The summed E-state index contributed by atoms with van der Waals surface area (Å²) in [6.07, 6.45) is 0. The van der Waals surface area contributed by atoms with E-state index < -0.39 is 29.8 Å². The van der Waals surface area contributed by atoms with Gasteiger partial charge < -0.3 is 20.1 Å². The standard InChI is InChI=1S/C14H17FN2O4/c1-8-10(15)4-3-5-11(8)16-14(20)17(2)12-7-21-6-9(12)13(18)19/h3-5,9,12H,6-7H2,1-2H3,(H,16,20)(H,18,19). The van der Waals surface area contributed by atoms with Crippen LogP contribution < -0.4 is 5.32 Å². The first-order valence-corrected chi connectivity index (χ1v) is 6.51. The lowest BCUT2D eigenvalue weighted by Gasteiger charge is -2.26. The fourth-order valence-electron chi connectivity index (χ4n) is 2.26. The van der Waals surface area contributed by atoms with Gasteiger partial charge in [-0.05, 0) is 19.1 Å². The summed E-state index contributed by atoms with van der Waals surface area (Å²) in [5, 5.41) is 11.7. The van der Waals surface area contributed by atoms with Gasteiger partial charge in [-0.2, -0.15) is 0 Å². The molecule has 1 aromatic rings. The molecule has 0 bridgehead atoms. The minimum atomic E-state index is -1.00. The minimum Gasteiger partial charge on any atom is -0.481 e. The molecule has 1 saturated heterocycles. The van der Waals surface area contributed by atoms with Crippen LogP contribution in [0, 0.1) is 18.7 Å². The van der Waals surface area contributed by atoms with E-state index in [0.29, 0.717) is 11.3 Å². The first kappa shape index (κ1) is 15.2. The number of amides is 2. The quantitative estimate of drug-likeness (QED) is 0.890. The Hall–Kier alpha value is -2.15. The van der Waals surface area contributed by atoms with Crippen LogP contribution in [0.4, 0.5) is 14.9 Å². The van der Waals surface area contributed by atoms with Crippen LogP contribution in [-0.2, 0) is 9.53 Å². The Bertz CT molecular complexity index is 564. The van der Waals surface area contributed by atoms with Crippen LogP contribution in [0.1, 0.15) is 5.56 Å². The first-order valence-electron chi connectivity index (χ1n) is 6.51. The van der Waals surface area contributed by atoms with E-state index in [0.717, 1.165) is 0 Å². The molecule has 2 atom stereocenters. The number of benzene rings is 1. The molecule has 7 heteroatoms. The third-order valence-corrected chi connectivity index (χ3v) is 3.69. The Morgan fingerprint density at radius 3 is 2.81 bits per heavy atom. The Balaban J connectivity index is 2.09. The summed E-state index contributed by atoms with van der Waals surface area (Å²) in [6, 6.07) is 3.35. The van der Waals surface area contributed by atoms with Gasteiger partial charge in [-0.15, -0.1) is 0 Å². The highest BCUT2D eigenvalue weighted by molar-refractivity contribution is 5.90. The molecule has 21 heavy (non-hydrogen) atoms. The number of nitrogens with one attached hydrogen (secondary N) is 1. The molecule has 1 heterocycles. The molecule has 0 spiro atoms. The number of carbonyl (C=O) groups is 2. The molecular weight excluding hydrogens is 279 g/mol. The normalized spacial score (nSPS) is 21.1. The third-order valence-electron chi connectivity index (χ3n) is 3.69. The van der Waals surface area contributed by atoms with Crippen LogP contribution in [-0.4, -0.2) is 48.3 Å². The summed E-state index contributed by atoms with van der Waals surface area (Å²) in [6.45, 7) is 1.81. The van der Waals surface area contributed by atoms with E-state index >= 15 is 0 Å². The lowest BCUT2D eigenvalue weighted by atomic mass is 10.0. The van der Waals surface area contributed by atoms with Crippen molar-refractivity contribution in [2.24, 2.45) is 5.92 Å². The Kier molecular flexibility index (Phi) is 4.42. The zero-order chi connectivity index (χ0) is 15.6. The number of urea groups is 1. The molecule has 0 radical (unpaired) electrons. The number of carboxylic acid groups (broad SMARTS) is 1. The van der Waals surface area contributed by atoms with Gasteiger partial charge in [-0.3, -0.25) is 4.79 Å². The Labute approximate surface area is 121 Å². The van der Waals surface area contributed by atoms with Crippen molar-refractivity contribution in [2.45, 2.75) is 13.0 Å². The summed E-state index contributed by atoms with van der Waals surface area (Å²) in [4.78, 5) is 24.6. The van der Waals surface area contributed by atoms with Crippen LogP contribution in [0.5, 0.6) is 0 Å². The second kappa shape index (κ2) is 6.09. The van der Waals surface area contributed by atoms with Crippen molar-refractivity contribution in [3.8, 4) is 0 Å². The molecule has 1 aliphatic heterocycles. The topological polar surface area (TPSA) is 78.9 Å². The molecule has 1 aliphatic rings. The molecule has 2 rings (SSSR count). The van der Waals surface area contributed by atoms with Crippen molar-refractivity contribution in [3.05, 3.63) is 29.6 Å². The summed E-state index contributed by atoms with van der Waals surface area (Å²) >= 11 is 0. The fourth-order valence-corrected chi connectivity index (χ4v) is 2.26. The maximum atomic E-state index is 13.4. The average Bonchev–Trinajstić information content (AvgIpc) is 2.92. The first-order chi connectivity index (χ1) is 9.91. The van der Waals surface area contributed by atoms with E-state index in [-0.39, 0.29) is 13.2 Å². The molecule has 114 valence electrons. The van der Waals surface area contributed by atoms with Crippen LogP contribution >= 0.6 is 0 Å². The van der Waals surface area contributed by atoms with Crippen molar-refractivity contribution >= 4 is 17.7 Å². The summed E-state index contributed by atoms with van der Waals surface area (Å²) < 4.78 is 18.6. The van der Waals surface area contributed by atoms with Crippen molar-refractivity contribution in [1.29, 1.82) is 0 Å². The van der Waals surface area contributed by atoms with E-state index in [4.69, 9.17) is 9.84 Å². The third kappa shape index (κ3) is 3.13. The minimum absolute atomic E-state index is 0.0800. The molecule has 6 nitrogen and oxygen atoms in total. The summed E-state index contributed by atoms with van der Waals surface area (Å²) in [5.41, 5.74) is 0.689. The monoisotopic (exact) mass is 296 g/mol. The second-order valence-corrected chi connectivity index (χ2v) is 5.00. The number of aliphatic carboxylic acids is 1. The molecule has 2 N–H and O–H groups in total. The Morgan fingerprint density at radius 2 is 2.14 bits per heavy atom. The molecule has 0 saturated carbocycles. The van der Waals surface area contributed by atoms with Crippen LogP contribution in [0.3, 0.4) is 0 Å². The van der Waals surface area contributed by atoms with E-state index in [1.165, 1.54) is 24.1 Å². The number of likely N-dealkylation sites (N-methyl/N-ethyl adjacent to an activating group) is 1. The van der Waals surface area contributed by atoms with Crippen molar-refractivity contribution < 1.29 is 23.8 Å². The number of carboxylic acids is 1. The zero-order valence-corrected chi connectivity index (χ0v) is 11.8. The fraction of sp³-hybridized carbons (Fsp3) is 0.429. The highest BCUT2D eigenvalue weighted by Crippen LogP contribution is 2.21. The summed E-state index contributed by atoms with van der Waals surface area (Å²) in [5.74, 6) is -2.17. The van der Waals surface area contributed by atoms with Crippen LogP contribution in [0.25, 0.3) is 0 Å². The van der Waals surface area contributed by atoms with E-state index in [2.05, 4.69) is 5.32 Å². The van der Waals surface area contributed by atoms with Gasteiger partial charge in [0.15, 0.2) is 0 Å². The summed E-state index contributed by atoms with van der Waals surface area (Å²) in [7, 11) is 1.50. The number of anilines is 1. The van der Waals surface area contributed by atoms with E-state index in [1.54, 1.807) is 13.0 Å². The van der Waals surface area contributed by atoms with E-state index in [9.17, 15) is 14.0 Å². The maximum absolute atomic E-state index is 13.4. The van der Waals surface area contributed by atoms with Gasteiger partial charge in [0.1, 0.15) is 11.7 Å². The molecule has 1 fully saturated rings. The van der Waals surface area contributed by atoms with Gasteiger partial charge in [0.05, 0.1) is 19.3 Å². The lowest BCUT2D eigenvalue weighted by Crippen LogP contribution is -2.46. The maximum Gasteiger partial charge on any atom is 0.321 e.